The molecule has 0 radical (unpaired) electrons. The summed E-state index contributed by atoms with van der Waals surface area (Å²) < 4.78 is 0. The van der Waals surface area contributed by atoms with Crippen LogP contribution in [0.15, 0.2) is 0 Å². The van der Waals surface area contributed by atoms with E-state index in [-0.39, 0.29) is 5.13 Å². The Morgan fingerprint density at radius 3 is 2.17 bits per heavy atom. The van der Waals surface area contributed by atoms with E-state index < -0.39 is 31.1 Å². The van der Waals surface area contributed by atoms with E-state index in [9.17, 15) is 14.4 Å². The summed E-state index contributed by atoms with van der Waals surface area (Å²) >= 11 is 1.10. The number of nitrogens with one attached hydrogen (secondary N) is 1. The fourth-order valence-corrected chi connectivity index (χ4v) is 1.63. The van der Waals surface area contributed by atoms with Gasteiger partial charge in [0.25, 0.3) is 0 Å². The number of carboxylic acids is 2. The van der Waals surface area contributed by atoms with Crippen molar-refractivity contribution in [2.24, 2.45) is 0 Å². The highest BCUT2D eigenvalue weighted by molar-refractivity contribution is 7.15. The quantitative estimate of drug-likeness (QED) is 0.679. The summed E-state index contributed by atoms with van der Waals surface area (Å²) in [6.07, 6.45) is 0. The predicted octanol–water partition coefficient (Wildman–Crippen LogP) is -0.150. The van der Waals surface area contributed by atoms with E-state index in [1.807, 2.05) is 0 Å². The lowest BCUT2D eigenvalue weighted by atomic mass is 10.5. The van der Waals surface area contributed by atoms with Crippen LogP contribution < -0.4 is 5.32 Å². The van der Waals surface area contributed by atoms with Gasteiger partial charge in [0.15, 0.2) is 0 Å². The molecule has 1 aromatic heterocycles. The number of aromatic nitrogens is 2. The van der Waals surface area contributed by atoms with E-state index in [0.29, 0.717) is 9.91 Å². The number of hydrogen-bond donors (Lipinski definition) is 3. The third-order valence-electron chi connectivity index (χ3n) is 1.68. The van der Waals surface area contributed by atoms with Crippen LogP contribution in [-0.2, 0) is 9.59 Å². The van der Waals surface area contributed by atoms with Crippen LogP contribution in [0.1, 0.15) is 5.01 Å². The van der Waals surface area contributed by atoms with E-state index in [2.05, 4.69) is 15.5 Å². The molecule has 0 aliphatic rings. The molecule has 1 rings (SSSR count). The fourth-order valence-electron chi connectivity index (χ4n) is 1.04. The maximum absolute atomic E-state index is 11.6. The van der Waals surface area contributed by atoms with Gasteiger partial charge >= 0.3 is 18.0 Å². The SMILES string of the molecule is Cc1nnc(NC(=O)N(CC(=O)O)CC(=O)O)s1. The Labute approximate surface area is 105 Å². The van der Waals surface area contributed by atoms with Gasteiger partial charge in [0.05, 0.1) is 0 Å². The maximum atomic E-state index is 11.6. The number of hydrogen-bond acceptors (Lipinski definition) is 6. The van der Waals surface area contributed by atoms with Gasteiger partial charge in [-0.3, -0.25) is 14.9 Å². The first kappa shape index (κ1) is 13.8. The first-order valence-corrected chi connectivity index (χ1v) is 5.49. The number of urea groups is 1. The van der Waals surface area contributed by atoms with Crippen LogP contribution >= 0.6 is 11.3 Å². The minimum absolute atomic E-state index is 0.179. The van der Waals surface area contributed by atoms with E-state index in [1.54, 1.807) is 6.92 Å². The van der Waals surface area contributed by atoms with Gasteiger partial charge in [-0.1, -0.05) is 11.3 Å². The highest BCUT2D eigenvalue weighted by Gasteiger charge is 2.20. The number of rotatable bonds is 5. The molecule has 0 aliphatic heterocycles. The standard InChI is InChI=1S/C8H10N4O5S/c1-4-10-11-7(18-4)9-8(17)12(2-5(13)14)3-6(15)16/h2-3H2,1H3,(H,13,14)(H,15,16)(H,9,11,17). The van der Waals surface area contributed by atoms with Crippen molar-refractivity contribution in [2.45, 2.75) is 6.92 Å². The van der Waals surface area contributed by atoms with Gasteiger partial charge in [-0.25, -0.2) is 4.79 Å². The van der Waals surface area contributed by atoms with Crippen LogP contribution in [0.4, 0.5) is 9.93 Å². The molecule has 0 fully saturated rings. The van der Waals surface area contributed by atoms with Crippen molar-refractivity contribution in [3.05, 3.63) is 5.01 Å². The van der Waals surface area contributed by atoms with Crippen molar-refractivity contribution >= 4 is 34.4 Å². The number of anilines is 1. The summed E-state index contributed by atoms with van der Waals surface area (Å²) in [7, 11) is 0. The Morgan fingerprint density at radius 2 is 1.78 bits per heavy atom. The molecule has 10 heteroatoms. The Bertz CT molecular complexity index is 458. The first-order chi connectivity index (χ1) is 8.38. The lowest BCUT2D eigenvalue weighted by Gasteiger charge is -2.17. The second-order valence-electron chi connectivity index (χ2n) is 3.20. The smallest absolute Gasteiger partial charge is 0.324 e. The highest BCUT2D eigenvalue weighted by atomic mass is 32.1. The second-order valence-corrected chi connectivity index (χ2v) is 4.38. The summed E-state index contributed by atoms with van der Waals surface area (Å²) in [5.74, 6) is -2.61. The molecule has 9 nitrogen and oxygen atoms in total. The molecule has 98 valence electrons. The first-order valence-electron chi connectivity index (χ1n) is 4.68. The fraction of sp³-hybridized carbons (Fsp3) is 0.375. The zero-order chi connectivity index (χ0) is 13.7. The topological polar surface area (TPSA) is 133 Å². The zero-order valence-electron chi connectivity index (χ0n) is 9.28. The molecule has 1 heterocycles. The minimum atomic E-state index is -1.31. The molecule has 0 atom stereocenters. The Kier molecular flexibility index (Phi) is 4.54. The van der Waals surface area contributed by atoms with Crippen LogP contribution in [0.25, 0.3) is 0 Å². The van der Waals surface area contributed by atoms with E-state index in [1.165, 1.54) is 0 Å². The summed E-state index contributed by atoms with van der Waals surface area (Å²) in [4.78, 5) is 33.3. The maximum Gasteiger partial charge on any atom is 0.324 e. The van der Waals surface area contributed by atoms with Crippen LogP contribution in [0.3, 0.4) is 0 Å². The van der Waals surface area contributed by atoms with Gasteiger partial charge in [-0.2, -0.15) is 0 Å². The summed E-state index contributed by atoms with van der Waals surface area (Å²) in [6.45, 7) is 0.255. The van der Waals surface area contributed by atoms with Gasteiger partial charge in [0.1, 0.15) is 18.1 Å². The molecule has 0 spiro atoms. The van der Waals surface area contributed by atoms with Gasteiger partial charge in [-0.15, -0.1) is 10.2 Å². The van der Waals surface area contributed by atoms with Gasteiger partial charge in [0.2, 0.25) is 5.13 Å². The summed E-state index contributed by atoms with van der Waals surface area (Å²) in [5, 5.41) is 27.5. The highest BCUT2D eigenvalue weighted by Crippen LogP contribution is 2.14. The summed E-state index contributed by atoms with van der Waals surface area (Å²) in [6, 6.07) is -0.851. The number of carbonyl (C=O) groups is 3. The number of nitrogens with zero attached hydrogens (tertiary/aromatic N) is 3. The molecule has 0 saturated carbocycles. The van der Waals surface area contributed by atoms with E-state index >= 15 is 0 Å². The lowest BCUT2D eigenvalue weighted by molar-refractivity contribution is -0.140. The van der Waals surface area contributed by atoms with Crippen molar-refractivity contribution < 1.29 is 24.6 Å². The molecule has 3 N–H and O–H groups in total. The van der Waals surface area contributed by atoms with Gasteiger partial charge < -0.3 is 15.1 Å². The van der Waals surface area contributed by atoms with Crippen molar-refractivity contribution in [3.63, 3.8) is 0 Å². The van der Waals surface area contributed by atoms with Crippen LogP contribution in [0.2, 0.25) is 0 Å². The molecule has 0 saturated heterocycles. The van der Waals surface area contributed by atoms with Crippen LogP contribution in [0.5, 0.6) is 0 Å². The Balaban J connectivity index is 2.69. The monoisotopic (exact) mass is 274 g/mol. The number of carboxylic acid groups (broad SMARTS) is 2. The largest absolute Gasteiger partial charge is 0.480 e. The van der Waals surface area contributed by atoms with Gasteiger partial charge in [-0.05, 0) is 6.92 Å². The molecule has 0 unspecified atom stereocenters. The molecule has 0 aliphatic carbocycles. The number of aliphatic carboxylic acids is 2. The molecular formula is C8H10N4O5S. The predicted molar refractivity (Wildman–Crippen MR) is 60.5 cm³/mol. The number of amides is 2. The number of aryl methyl sites for hydroxylation is 1. The lowest BCUT2D eigenvalue weighted by Crippen LogP contribution is -2.41. The van der Waals surface area contributed by atoms with Crippen molar-refractivity contribution in [1.29, 1.82) is 0 Å². The molecule has 0 bridgehead atoms. The third kappa shape index (κ3) is 4.33. The average molecular weight is 274 g/mol. The molecule has 2 amide bonds. The van der Waals surface area contributed by atoms with Crippen LogP contribution in [0, 0.1) is 6.92 Å². The molecule has 18 heavy (non-hydrogen) atoms. The summed E-state index contributed by atoms with van der Waals surface area (Å²) in [5.41, 5.74) is 0. The zero-order valence-corrected chi connectivity index (χ0v) is 10.1. The normalized spacial score (nSPS) is 9.83. The average Bonchev–Trinajstić information content (AvgIpc) is 2.61. The van der Waals surface area contributed by atoms with E-state index in [0.717, 1.165) is 11.3 Å². The Hall–Kier alpha value is -2.23. The molecule has 0 aromatic carbocycles. The van der Waals surface area contributed by atoms with Crippen molar-refractivity contribution in [2.75, 3.05) is 18.4 Å². The number of carbonyl (C=O) groups excluding carboxylic acids is 1. The minimum Gasteiger partial charge on any atom is -0.480 e. The molecular weight excluding hydrogens is 264 g/mol. The Morgan fingerprint density at radius 1 is 1.22 bits per heavy atom. The third-order valence-corrected chi connectivity index (χ3v) is 2.43. The van der Waals surface area contributed by atoms with Crippen molar-refractivity contribution in [1.82, 2.24) is 15.1 Å². The van der Waals surface area contributed by atoms with Crippen LogP contribution in [-0.4, -0.2) is 56.4 Å². The van der Waals surface area contributed by atoms with Crippen molar-refractivity contribution in [3.8, 4) is 0 Å². The van der Waals surface area contributed by atoms with E-state index in [4.69, 9.17) is 10.2 Å². The molecule has 1 aromatic rings. The second kappa shape index (κ2) is 5.91. The van der Waals surface area contributed by atoms with Gasteiger partial charge in [0, 0.05) is 0 Å².